The Hall–Kier alpha value is -1.03. The van der Waals surface area contributed by atoms with Crippen LogP contribution in [-0.4, -0.2) is 31.5 Å². The molecular formula is C12H16BrNO2. The summed E-state index contributed by atoms with van der Waals surface area (Å²) in [6.07, 6.45) is 0. The molecular weight excluding hydrogens is 270 g/mol. The molecule has 0 radical (unpaired) electrons. The second kappa shape index (κ2) is 5.34. The minimum atomic E-state index is -0.0433. The highest BCUT2D eigenvalue weighted by molar-refractivity contribution is 9.10. The molecule has 0 unspecified atom stereocenters. The zero-order valence-corrected chi connectivity index (χ0v) is 11.6. The Labute approximate surface area is 105 Å². The minimum Gasteiger partial charge on any atom is -0.484 e. The highest BCUT2D eigenvalue weighted by Crippen LogP contribution is 2.26. The Morgan fingerprint density at radius 3 is 2.25 bits per heavy atom. The van der Waals surface area contributed by atoms with Gasteiger partial charge in [0.25, 0.3) is 5.91 Å². The smallest absolute Gasteiger partial charge is 0.259 e. The molecule has 4 heteroatoms. The second-order valence-electron chi connectivity index (χ2n) is 3.95. The van der Waals surface area contributed by atoms with Crippen LogP contribution in [0.1, 0.15) is 11.1 Å². The van der Waals surface area contributed by atoms with E-state index in [-0.39, 0.29) is 12.5 Å². The molecule has 1 aromatic carbocycles. The van der Waals surface area contributed by atoms with Gasteiger partial charge in [0, 0.05) is 18.6 Å². The van der Waals surface area contributed by atoms with Crippen LogP contribution in [-0.2, 0) is 4.79 Å². The molecule has 0 saturated carbocycles. The van der Waals surface area contributed by atoms with Crippen molar-refractivity contribution in [3.8, 4) is 5.75 Å². The van der Waals surface area contributed by atoms with Crippen LogP contribution in [0.2, 0.25) is 0 Å². The third-order valence-electron chi connectivity index (χ3n) is 2.27. The summed E-state index contributed by atoms with van der Waals surface area (Å²) in [4.78, 5) is 12.9. The molecule has 0 saturated heterocycles. The number of hydrogen-bond acceptors (Lipinski definition) is 2. The van der Waals surface area contributed by atoms with Crippen LogP contribution in [0.25, 0.3) is 0 Å². The number of hydrogen-bond donors (Lipinski definition) is 0. The zero-order valence-electron chi connectivity index (χ0n) is 10.0. The van der Waals surface area contributed by atoms with Crippen LogP contribution < -0.4 is 4.74 Å². The molecule has 0 aliphatic carbocycles. The molecule has 0 aliphatic heterocycles. The lowest BCUT2D eigenvalue weighted by molar-refractivity contribution is -0.130. The molecule has 88 valence electrons. The van der Waals surface area contributed by atoms with Gasteiger partial charge in [-0.05, 0) is 37.1 Å². The third kappa shape index (κ3) is 3.23. The maximum absolute atomic E-state index is 11.3. The predicted octanol–water partition coefficient (Wildman–Crippen LogP) is 2.53. The summed E-state index contributed by atoms with van der Waals surface area (Å²) in [6.45, 7) is 4.07. The first-order valence-electron chi connectivity index (χ1n) is 5.01. The fraction of sp³-hybridized carbons (Fsp3) is 0.417. The van der Waals surface area contributed by atoms with Gasteiger partial charge in [0.1, 0.15) is 5.75 Å². The first-order chi connectivity index (χ1) is 7.41. The Morgan fingerprint density at radius 2 is 1.81 bits per heavy atom. The average Bonchev–Trinajstić information content (AvgIpc) is 2.22. The summed E-state index contributed by atoms with van der Waals surface area (Å²) in [5.74, 6) is 0.687. The van der Waals surface area contributed by atoms with Gasteiger partial charge < -0.3 is 9.64 Å². The van der Waals surface area contributed by atoms with E-state index in [1.54, 1.807) is 14.1 Å². The molecule has 1 amide bonds. The van der Waals surface area contributed by atoms with Crippen LogP contribution in [0.5, 0.6) is 5.75 Å². The summed E-state index contributed by atoms with van der Waals surface area (Å²) in [5, 5.41) is 0. The topological polar surface area (TPSA) is 29.5 Å². The first-order valence-corrected chi connectivity index (χ1v) is 5.81. The quantitative estimate of drug-likeness (QED) is 0.854. The zero-order chi connectivity index (χ0) is 12.3. The van der Waals surface area contributed by atoms with Gasteiger partial charge in [-0.1, -0.05) is 15.9 Å². The number of likely N-dealkylation sites (N-methyl/N-ethyl adjacent to an activating group) is 1. The summed E-state index contributed by atoms with van der Waals surface area (Å²) >= 11 is 3.49. The van der Waals surface area contributed by atoms with Crippen molar-refractivity contribution in [2.24, 2.45) is 0 Å². The largest absolute Gasteiger partial charge is 0.484 e. The molecule has 0 N–H and O–H groups in total. The van der Waals surface area contributed by atoms with Crippen LogP contribution in [0, 0.1) is 13.8 Å². The molecule has 0 spiro atoms. The number of carbonyl (C=O) groups excluding carboxylic acids is 1. The van der Waals surface area contributed by atoms with Gasteiger partial charge in [0.15, 0.2) is 6.61 Å². The van der Waals surface area contributed by atoms with Crippen molar-refractivity contribution in [3.63, 3.8) is 0 Å². The van der Waals surface area contributed by atoms with E-state index in [1.807, 2.05) is 26.0 Å². The summed E-state index contributed by atoms with van der Waals surface area (Å²) in [5.41, 5.74) is 2.21. The van der Waals surface area contributed by atoms with Gasteiger partial charge in [-0.3, -0.25) is 4.79 Å². The number of halogens is 1. The fourth-order valence-electron chi connectivity index (χ4n) is 1.26. The van der Waals surface area contributed by atoms with E-state index in [0.29, 0.717) is 0 Å². The van der Waals surface area contributed by atoms with Crippen molar-refractivity contribution in [3.05, 3.63) is 27.7 Å². The van der Waals surface area contributed by atoms with Gasteiger partial charge in [0.05, 0.1) is 0 Å². The Bertz CT molecular complexity index is 379. The number of aryl methyl sites for hydroxylation is 2. The first kappa shape index (κ1) is 13.0. The molecule has 16 heavy (non-hydrogen) atoms. The summed E-state index contributed by atoms with van der Waals surface area (Å²) in [7, 11) is 3.42. The number of rotatable bonds is 3. The van der Waals surface area contributed by atoms with Crippen molar-refractivity contribution >= 4 is 21.8 Å². The van der Waals surface area contributed by atoms with Crippen molar-refractivity contribution in [2.75, 3.05) is 20.7 Å². The standard InChI is InChI=1S/C12H16BrNO2/c1-8-5-10(6-9(2)12(8)13)16-7-11(15)14(3)4/h5-6H,7H2,1-4H3. The highest BCUT2D eigenvalue weighted by atomic mass is 79.9. The molecule has 0 heterocycles. The Morgan fingerprint density at radius 1 is 1.31 bits per heavy atom. The highest BCUT2D eigenvalue weighted by Gasteiger charge is 2.07. The van der Waals surface area contributed by atoms with E-state index in [2.05, 4.69) is 15.9 Å². The number of nitrogens with zero attached hydrogens (tertiary/aromatic N) is 1. The lowest BCUT2D eigenvalue weighted by atomic mass is 10.1. The van der Waals surface area contributed by atoms with Gasteiger partial charge >= 0.3 is 0 Å². The Balaban J connectivity index is 2.72. The third-order valence-corrected chi connectivity index (χ3v) is 3.52. The van der Waals surface area contributed by atoms with Gasteiger partial charge in [-0.2, -0.15) is 0 Å². The van der Waals surface area contributed by atoms with Crippen LogP contribution in [0.4, 0.5) is 0 Å². The lowest BCUT2D eigenvalue weighted by Crippen LogP contribution is -2.27. The summed E-state index contributed by atoms with van der Waals surface area (Å²) in [6, 6.07) is 3.83. The number of benzene rings is 1. The van der Waals surface area contributed by atoms with Crippen LogP contribution in [0.3, 0.4) is 0 Å². The summed E-state index contributed by atoms with van der Waals surface area (Å²) < 4.78 is 6.52. The van der Waals surface area contributed by atoms with Crippen molar-refractivity contribution in [1.82, 2.24) is 4.90 Å². The monoisotopic (exact) mass is 285 g/mol. The number of carbonyl (C=O) groups is 1. The van der Waals surface area contributed by atoms with Gasteiger partial charge in [-0.25, -0.2) is 0 Å². The maximum atomic E-state index is 11.3. The Kier molecular flexibility index (Phi) is 4.35. The predicted molar refractivity (Wildman–Crippen MR) is 67.8 cm³/mol. The normalized spacial score (nSPS) is 10.1. The number of amides is 1. The van der Waals surface area contributed by atoms with E-state index in [4.69, 9.17) is 4.74 Å². The lowest BCUT2D eigenvalue weighted by Gasteiger charge is -2.13. The SMILES string of the molecule is Cc1cc(OCC(=O)N(C)C)cc(C)c1Br. The van der Waals surface area contributed by atoms with Crippen molar-refractivity contribution < 1.29 is 9.53 Å². The van der Waals surface area contributed by atoms with E-state index in [0.717, 1.165) is 21.3 Å². The van der Waals surface area contributed by atoms with Crippen molar-refractivity contribution in [2.45, 2.75) is 13.8 Å². The molecule has 0 aliphatic rings. The minimum absolute atomic E-state index is 0.0433. The van der Waals surface area contributed by atoms with E-state index >= 15 is 0 Å². The van der Waals surface area contributed by atoms with Crippen molar-refractivity contribution in [1.29, 1.82) is 0 Å². The van der Waals surface area contributed by atoms with E-state index < -0.39 is 0 Å². The molecule has 1 aromatic rings. The molecule has 0 atom stereocenters. The van der Waals surface area contributed by atoms with E-state index in [9.17, 15) is 4.79 Å². The number of ether oxygens (including phenoxy) is 1. The fourth-order valence-corrected chi connectivity index (χ4v) is 1.49. The van der Waals surface area contributed by atoms with Crippen LogP contribution in [0.15, 0.2) is 16.6 Å². The average molecular weight is 286 g/mol. The van der Waals surface area contributed by atoms with E-state index in [1.165, 1.54) is 4.90 Å². The molecule has 3 nitrogen and oxygen atoms in total. The second-order valence-corrected chi connectivity index (χ2v) is 4.74. The van der Waals surface area contributed by atoms with Gasteiger partial charge in [-0.15, -0.1) is 0 Å². The molecule has 0 aromatic heterocycles. The molecule has 0 fully saturated rings. The molecule has 0 bridgehead atoms. The van der Waals surface area contributed by atoms with Crippen LogP contribution >= 0.6 is 15.9 Å². The maximum Gasteiger partial charge on any atom is 0.259 e. The molecule has 1 rings (SSSR count). The van der Waals surface area contributed by atoms with Gasteiger partial charge in [0.2, 0.25) is 0 Å².